The predicted octanol–water partition coefficient (Wildman–Crippen LogP) is 3.39. The van der Waals surface area contributed by atoms with Crippen LogP contribution in [0.5, 0.6) is 0 Å². The van der Waals surface area contributed by atoms with Gasteiger partial charge in [0.05, 0.1) is 11.1 Å². The van der Waals surface area contributed by atoms with Crippen molar-refractivity contribution in [1.82, 2.24) is 0 Å². The van der Waals surface area contributed by atoms with Crippen molar-refractivity contribution in [3.63, 3.8) is 0 Å². The van der Waals surface area contributed by atoms with Gasteiger partial charge in [-0.3, -0.25) is 4.79 Å². The fourth-order valence-corrected chi connectivity index (χ4v) is 3.02. The normalized spacial score (nSPS) is 12.7. The molecule has 0 fully saturated rings. The summed E-state index contributed by atoms with van der Waals surface area (Å²) in [5.74, 6) is -2.62. The van der Waals surface area contributed by atoms with Crippen LogP contribution in [0.3, 0.4) is 0 Å². The van der Waals surface area contributed by atoms with Gasteiger partial charge in [0.25, 0.3) is 0 Å². The molecule has 4 nitrogen and oxygen atoms in total. The molecule has 0 radical (unpaired) electrons. The largest absolute Gasteiger partial charge is 0.611 e. The average Bonchev–Trinajstić information content (AvgIpc) is 2.54. The molecule has 0 aliphatic heterocycles. The van der Waals surface area contributed by atoms with Crippen LogP contribution in [-0.2, 0) is 17.4 Å². The molecular formula is C16H11F3O4S. The van der Waals surface area contributed by atoms with Crippen LogP contribution in [0.1, 0.15) is 26.3 Å². The predicted molar refractivity (Wildman–Crippen MR) is 80.5 cm³/mol. The van der Waals surface area contributed by atoms with Gasteiger partial charge in [-0.25, -0.2) is 4.79 Å². The quantitative estimate of drug-likeness (QED) is 0.658. The summed E-state index contributed by atoms with van der Waals surface area (Å²) in [5, 5.41) is 8.91. The number of rotatable bonds is 5. The van der Waals surface area contributed by atoms with Crippen LogP contribution < -0.4 is 0 Å². The summed E-state index contributed by atoms with van der Waals surface area (Å²) in [6.07, 6.45) is -4.78. The van der Waals surface area contributed by atoms with Crippen molar-refractivity contribution >= 4 is 22.9 Å². The smallest absolute Gasteiger partial charge is 0.416 e. The number of benzene rings is 2. The second kappa shape index (κ2) is 7.06. The Morgan fingerprint density at radius 3 is 2.21 bits per heavy atom. The van der Waals surface area contributed by atoms with Crippen LogP contribution in [0.25, 0.3) is 0 Å². The second-order valence-electron chi connectivity index (χ2n) is 4.83. The van der Waals surface area contributed by atoms with Crippen molar-refractivity contribution in [2.45, 2.75) is 11.1 Å². The zero-order valence-electron chi connectivity index (χ0n) is 12.0. The number of aromatic carboxylic acids is 1. The number of hydrogen-bond donors (Lipinski definition) is 1. The van der Waals surface area contributed by atoms with Gasteiger partial charge in [-0.1, -0.05) is 30.3 Å². The average molecular weight is 356 g/mol. The van der Waals surface area contributed by atoms with Crippen molar-refractivity contribution in [2.24, 2.45) is 0 Å². The zero-order chi connectivity index (χ0) is 17.9. The van der Waals surface area contributed by atoms with Gasteiger partial charge in [0, 0.05) is 17.7 Å². The van der Waals surface area contributed by atoms with E-state index >= 15 is 0 Å². The highest BCUT2D eigenvalue weighted by Gasteiger charge is 2.33. The van der Waals surface area contributed by atoms with Crippen molar-refractivity contribution in [3.05, 3.63) is 65.2 Å². The lowest BCUT2D eigenvalue weighted by Crippen LogP contribution is -2.18. The molecule has 0 heterocycles. The van der Waals surface area contributed by atoms with E-state index in [0.717, 1.165) is 6.07 Å². The Bertz CT molecular complexity index is 760. The van der Waals surface area contributed by atoms with E-state index in [9.17, 15) is 27.3 Å². The Balaban J connectivity index is 2.31. The minimum Gasteiger partial charge on any atom is -0.611 e. The van der Waals surface area contributed by atoms with E-state index in [-0.39, 0.29) is 10.5 Å². The number of carboxylic acids is 1. The molecule has 8 heteroatoms. The maximum atomic E-state index is 12.8. The molecular weight excluding hydrogens is 345 g/mol. The number of alkyl halides is 3. The summed E-state index contributed by atoms with van der Waals surface area (Å²) < 4.78 is 50.7. The Kier molecular flexibility index (Phi) is 5.30. The van der Waals surface area contributed by atoms with E-state index in [1.807, 2.05) is 0 Å². The molecule has 0 bridgehead atoms. The summed E-state index contributed by atoms with van der Waals surface area (Å²) in [7, 11) is 0. The third-order valence-corrected chi connectivity index (χ3v) is 4.39. The molecule has 24 heavy (non-hydrogen) atoms. The molecule has 0 aliphatic rings. The zero-order valence-corrected chi connectivity index (χ0v) is 12.9. The van der Waals surface area contributed by atoms with Crippen molar-refractivity contribution in [3.8, 4) is 0 Å². The first kappa shape index (κ1) is 18.0. The maximum absolute atomic E-state index is 12.8. The summed E-state index contributed by atoms with van der Waals surface area (Å²) in [5.41, 5.74) is -1.59. The monoisotopic (exact) mass is 356 g/mol. The van der Waals surface area contributed by atoms with Gasteiger partial charge in [0.1, 0.15) is 0 Å². The van der Waals surface area contributed by atoms with Gasteiger partial charge >= 0.3 is 12.1 Å². The Hall–Kier alpha value is -2.32. The number of hydrogen-bond acceptors (Lipinski definition) is 3. The maximum Gasteiger partial charge on any atom is 0.416 e. The van der Waals surface area contributed by atoms with Crippen molar-refractivity contribution in [1.29, 1.82) is 0 Å². The van der Waals surface area contributed by atoms with Crippen LogP contribution in [0.4, 0.5) is 13.2 Å². The van der Waals surface area contributed by atoms with Gasteiger partial charge in [0.2, 0.25) is 5.78 Å². The first-order chi connectivity index (χ1) is 11.2. The molecule has 0 saturated carbocycles. The van der Waals surface area contributed by atoms with Gasteiger partial charge in [-0.2, -0.15) is 13.2 Å². The molecule has 2 aromatic carbocycles. The number of carbonyl (C=O) groups excluding carboxylic acids is 1. The SMILES string of the molecule is O=C(O)c1cc([S+]([O-])CC(=O)c2ccccc2)cc(C(F)(F)F)c1. The standard InChI is InChI=1S/C16H11F3O4S/c17-16(18,19)12-6-11(15(21)22)7-13(8-12)24(23)9-14(20)10-4-2-1-3-5-10/h1-8H,9H2,(H,21,22). The van der Waals surface area contributed by atoms with Crippen LogP contribution in [0, 0.1) is 0 Å². The minimum absolute atomic E-state index is 0.274. The topological polar surface area (TPSA) is 77.4 Å². The highest BCUT2D eigenvalue weighted by atomic mass is 32.2. The van der Waals surface area contributed by atoms with E-state index in [1.165, 1.54) is 12.1 Å². The highest BCUT2D eigenvalue weighted by Crippen LogP contribution is 2.32. The minimum atomic E-state index is -4.78. The first-order valence-corrected chi connectivity index (χ1v) is 7.92. The van der Waals surface area contributed by atoms with E-state index < -0.39 is 46.0 Å². The van der Waals surface area contributed by atoms with Crippen LogP contribution in [-0.4, -0.2) is 27.2 Å². The lowest BCUT2D eigenvalue weighted by molar-refractivity contribution is -0.137. The molecule has 2 rings (SSSR count). The molecule has 1 atom stereocenters. The number of ketones is 1. The third kappa shape index (κ3) is 4.36. The van der Waals surface area contributed by atoms with E-state index in [4.69, 9.17) is 5.11 Å². The van der Waals surface area contributed by atoms with Crippen molar-refractivity contribution < 1.29 is 32.4 Å². The molecule has 0 amide bonds. The summed E-state index contributed by atoms with van der Waals surface area (Å²) >= 11 is -2.10. The molecule has 1 N–H and O–H groups in total. The fourth-order valence-electron chi connectivity index (χ4n) is 1.93. The van der Waals surface area contributed by atoms with E-state index in [0.29, 0.717) is 12.1 Å². The van der Waals surface area contributed by atoms with Crippen LogP contribution in [0.2, 0.25) is 0 Å². The van der Waals surface area contributed by atoms with Gasteiger partial charge in [0.15, 0.2) is 10.6 Å². The number of carboxylic acid groups (broad SMARTS) is 1. The molecule has 1 unspecified atom stereocenters. The molecule has 0 aliphatic carbocycles. The molecule has 0 aromatic heterocycles. The molecule has 2 aromatic rings. The fraction of sp³-hybridized carbons (Fsp3) is 0.125. The Labute approximate surface area is 138 Å². The summed E-state index contributed by atoms with van der Waals surface area (Å²) in [6, 6.07) is 9.81. The summed E-state index contributed by atoms with van der Waals surface area (Å²) in [4.78, 5) is 22.6. The molecule has 0 saturated heterocycles. The molecule has 0 spiro atoms. The first-order valence-electron chi connectivity index (χ1n) is 6.60. The molecule has 126 valence electrons. The highest BCUT2D eigenvalue weighted by molar-refractivity contribution is 7.92. The number of halogens is 3. The van der Waals surface area contributed by atoms with E-state index in [2.05, 4.69) is 0 Å². The van der Waals surface area contributed by atoms with E-state index in [1.54, 1.807) is 18.2 Å². The third-order valence-electron chi connectivity index (χ3n) is 3.10. The van der Waals surface area contributed by atoms with Gasteiger partial charge in [-0.15, -0.1) is 0 Å². The summed E-state index contributed by atoms with van der Waals surface area (Å²) in [6.45, 7) is 0. The van der Waals surface area contributed by atoms with Crippen LogP contribution >= 0.6 is 0 Å². The number of carbonyl (C=O) groups is 2. The van der Waals surface area contributed by atoms with Crippen LogP contribution in [0.15, 0.2) is 53.4 Å². The number of Topliss-reactive ketones (excluding diaryl/α,β-unsaturated/α-hetero) is 1. The lowest BCUT2D eigenvalue weighted by atomic mass is 10.1. The second-order valence-corrected chi connectivity index (χ2v) is 6.28. The van der Waals surface area contributed by atoms with Gasteiger partial charge in [-0.05, 0) is 17.2 Å². The Morgan fingerprint density at radius 2 is 1.67 bits per heavy atom. The Morgan fingerprint density at radius 1 is 1.04 bits per heavy atom. The lowest BCUT2D eigenvalue weighted by Gasteiger charge is -2.13. The van der Waals surface area contributed by atoms with Gasteiger partial charge < -0.3 is 9.66 Å². The van der Waals surface area contributed by atoms with Crippen molar-refractivity contribution in [2.75, 3.05) is 5.75 Å².